The maximum Gasteiger partial charge on any atom is 0.239 e. The Kier molecular flexibility index (Phi) is 6.58. The van der Waals surface area contributed by atoms with Crippen LogP contribution >= 0.6 is 0 Å². The number of phenolic OH excluding ortho intramolecular Hbond substituents is 1. The number of hydrazine groups is 1. The maximum absolute atomic E-state index is 12.7. The van der Waals surface area contributed by atoms with Crippen molar-refractivity contribution in [1.29, 1.82) is 0 Å². The van der Waals surface area contributed by atoms with Crippen molar-refractivity contribution in [1.82, 2.24) is 31.0 Å². The van der Waals surface area contributed by atoms with Crippen molar-refractivity contribution in [3.8, 4) is 5.75 Å². The molecule has 0 bridgehead atoms. The molecule has 5 N–H and O–H groups in total. The molecular formula is C28H38N6O2. The molecule has 0 spiro atoms. The molecular weight excluding hydrogens is 452 g/mol. The Hall–Kier alpha value is -2.68. The summed E-state index contributed by atoms with van der Waals surface area (Å²) in [7, 11) is 0. The molecule has 192 valence electrons. The average Bonchev–Trinajstić information content (AvgIpc) is 3.69. The van der Waals surface area contributed by atoms with E-state index in [2.05, 4.69) is 40.2 Å². The highest BCUT2D eigenvalue weighted by Gasteiger charge is 2.42. The van der Waals surface area contributed by atoms with Gasteiger partial charge in [0.25, 0.3) is 0 Å². The summed E-state index contributed by atoms with van der Waals surface area (Å²) < 4.78 is 0. The predicted octanol–water partition coefficient (Wildman–Crippen LogP) is 3.15. The number of H-pyrrole nitrogens is 1. The van der Waals surface area contributed by atoms with Crippen LogP contribution < -0.4 is 16.2 Å². The van der Waals surface area contributed by atoms with Crippen molar-refractivity contribution in [3.05, 3.63) is 53.1 Å². The van der Waals surface area contributed by atoms with Crippen molar-refractivity contribution in [3.63, 3.8) is 0 Å². The van der Waals surface area contributed by atoms with E-state index in [-0.39, 0.29) is 18.0 Å². The fourth-order valence-corrected chi connectivity index (χ4v) is 6.80. The van der Waals surface area contributed by atoms with E-state index in [1.807, 2.05) is 23.2 Å². The zero-order valence-electron chi connectivity index (χ0n) is 21.1. The van der Waals surface area contributed by atoms with Crippen molar-refractivity contribution in [2.24, 2.45) is 5.92 Å². The highest BCUT2D eigenvalue weighted by molar-refractivity contribution is 5.83. The lowest BCUT2D eigenvalue weighted by atomic mass is 9.73. The number of carbonyl (C=O) groups excluding carboxylic acids is 1. The number of carbonyl (C=O) groups is 1. The zero-order chi connectivity index (χ0) is 24.6. The number of amides is 1. The highest BCUT2D eigenvalue weighted by Crippen LogP contribution is 2.44. The molecule has 4 aliphatic rings. The minimum Gasteiger partial charge on any atom is -0.508 e. The van der Waals surface area contributed by atoms with Crippen LogP contribution in [0.3, 0.4) is 0 Å². The summed E-state index contributed by atoms with van der Waals surface area (Å²) in [5.74, 6) is 2.61. The molecule has 3 aliphatic heterocycles. The van der Waals surface area contributed by atoms with Gasteiger partial charge in [0.05, 0.1) is 24.0 Å². The average molecular weight is 491 g/mol. The molecule has 8 heteroatoms. The van der Waals surface area contributed by atoms with E-state index in [1.54, 1.807) is 0 Å². The number of fused-ring (bicyclic) bond motifs is 1. The highest BCUT2D eigenvalue weighted by atomic mass is 16.3. The Morgan fingerprint density at radius 2 is 2.14 bits per heavy atom. The SMILES string of the molecule is CCc1cc(O)ccc1C1CCC2C(C1)NNC2c1ncc(C2=CCN(C(=O)[C@@H]3CCCN3)CC2)[nH]1. The molecule has 36 heavy (non-hydrogen) atoms. The molecule has 1 aromatic heterocycles. The number of imidazole rings is 1. The van der Waals surface area contributed by atoms with Gasteiger partial charge in [-0.1, -0.05) is 19.1 Å². The lowest BCUT2D eigenvalue weighted by Gasteiger charge is -2.33. The Morgan fingerprint density at radius 1 is 1.22 bits per heavy atom. The summed E-state index contributed by atoms with van der Waals surface area (Å²) in [5, 5.41) is 13.2. The van der Waals surface area contributed by atoms with Gasteiger partial charge >= 0.3 is 0 Å². The standard InChI is InChI=1S/C28H38N6O2/c1-2-17-14-20(35)6-8-21(17)19-5-7-22-24(15-19)32-33-26(22)27-30-16-25(31-27)18-9-12-34(13-10-18)28(36)23-4-3-11-29-23/h6,8-9,14,16,19,22-24,26,29,32-33,35H,2-5,7,10-13,15H2,1H3,(H,30,31)/t19?,22?,23-,24?,26?/m0/s1. The monoisotopic (exact) mass is 490 g/mol. The molecule has 4 unspecified atom stereocenters. The van der Waals surface area contributed by atoms with Gasteiger partial charge in [0.1, 0.15) is 11.6 Å². The number of phenols is 1. The van der Waals surface area contributed by atoms with Crippen LogP contribution in [-0.4, -0.2) is 57.6 Å². The predicted molar refractivity (Wildman–Crippen MR) is 139 cm³/mol. The van der Waals surface area contributed by atoms with Gasteiger partial charge in [-0.05, 0) is 92.2 Å². The number of aromatic hydroxyl groups is 1. The van der Waals surface area contributed by atoms with E-state index in [4.69, 9.17) is 4.98 Å². The van der Waals surface area contributed by atoms with E-state index in [1.165, 1.54) is 16.7 Å². The number of aromatic nitrogens is 2. The van der Waals surface area contributed by atoms with Crippen LogP contribution in [0.2, 0.25) is 0 Å². The minimum atomic E-state index is 0.00490. The van der Waals surface area contributed by atoms with Gasteiger partial charge in [0.15, 0.2) is 0 Å². The van der Waals surface area contributed by atoms with Crippen LogP contribution in [0.5, 0.6) is 5.75 Å². The first-order valence-electron chi connectivity index (χ1n) is 13.7. The van der Waals surface area contributed by atoms with Crippen molar-refractivity contribution < 1.29 is 9.90 Å². The number of nitrogens with zero attached hydrogens (tertiary/aromatic N) is 2. The largest absolute Gasteiger partial charge is 0.508 e. The molecule has 0 radical (unpaired) electrons. The van der Waals surface area contributed by atoms with Gasteiger partial charge < -0.3 is 20.3 Å². The van der Waals surface area contributed by atoms with Gasteiger partial charge in [-0.2, -0.15) is 0 Å². The number of benzene rings is 1. The van der Waals surface area contributed by atoms with Crippen LogP contribution in [0.15, 0.2) is 30.5 Å². The van der Waals surface area contributed by atoms with E-state index in [0.717, 1.165) is 69.6 Å². The lowest BCUT2D eigenvalue weighted by molar-refractivity contribution is -0.132. The summed E-state index contributed by atoms with van der Waals surface area (Å²) in [6.45, 7) is 4.55. The Balaban J connectivity index is 1.09. The third-order valence-electron chi connectivity index (χ3n) is 8.82. The number of nitrogens with one attached hydrogen (secondary N) is 4. The summed E-state index contributed by atoms with van der Waals surface area (Å²) in [4.78, 5) is 23.1. The van der Waals surface area contributed by atoms with Crippen LogP contribution in [0.1, 0.15) is 80.1 Å². The second-order valence-electron chi connectivity index (χ2n) is 10.9. The minimum absolute atomic E-state index is 0.00490. The molecule has 2 aromatic rings. The fourth-order valence-electron chi connectivity index (χ4n) is 6.80. The van der Waals surface area contributed by atoms with E-state index in [0.29, 0.717) is 30.2 Å². The third kappa shape index (κ3) is 4.46. The fraction of sp³-hybridized carbons (Fsp3) is 0.571. The first kappa shape index (κ1) is 23.7. The number of aryl methyl sites for hydroxylation is 1. The quantitative estimate of drug-likeness (QED) is 0.441. The van der Waals surface area contributed by atoms with Crippen LogP contribution in [0.25, 0.3) is 5.57 Å². The van der Waals surface area contributed by atoms with Crippen molar-refractivity contribution in [2.45, 2.75) is 75.9 Å². The van der Waals surface area contributed by atoms with Gasteiger partial charge in [0, 0.05) is 19.1 Å². The topological polar surface area (TPSA) is 105 Å². The zero-order valence-corrected chi connectivity index (χ0v) is 21.1. The van der Waals surface area contributed by atoms with Crippen LogP contribution in [0, 0.1) is 5.92 Å². The smallest absolute Gasteiger partial charge is 0.239 e. The Bertz CT molecular complexity index is 1140. The second-order valence-corrected chi connectivity index (χ2v) is 10.9. The van der Waals surface area contributed by atoms with E-state index in [9.17, 15) is 9.90 Å². The van der Waals surface area contributed by atoms with E-state index < -0.39 is 0 Å². The summed E-state index contributed by atoms with van der Waals surface area (Å²) >= 11 is 0. The first-order chi connectivity index (χ1) is 17.6. The molecule has 1 saturated carbocycles. The number of hydrogen-bond acceptors (Lipinski definition) is 6. The molecule has 1 amide bonds. The van der Waals surface area contributed by atoms with E-state index >= 15 is 0 Å². The summed E-state index contributed by atoms with van der Waals surface area (Å²) in [6.07, 6.45) is 11.4. The molecule has 4 heterocycles. The molecule has 3 fully saturated rings. The number of hydrogen-bond donors (Lipinski definition) is 5. The van der Waals surface area contributed by atoms with Crippen molar-refractivity contribution in [2.75, 3.05) is 19.6 Å². The number of aromatic amines is 1. The van der Waals surface area contributed by atoms with Crippen molar-refractivity contribution >= 4 is 11.5 Å². The van der Waals surface area contributed by atoms with Gasteiger partial charge in [-0.25, -0.2) is 10.4 Å². The van der Waals surface area contributed by atoms with Crippen LogP contribution in [-0.2, 0) is 11.2 Å². The lowest BCUT2D eigenvalue weighted by Crippen LogP contribution is -2.45. The van der Waals surface area contributed by atoms with Gasteiger partial charge in [-0.15, -0.1) is 0 Å². The summed E-state index contributed by atoms with van der Waals surface area (Å²) in [5.41, 5.74) is 12.1. The summed E-state index contributed by atoms with van der Waals surface area (Å²) in [6, 6.07) is 6.45. The number of rotatable bonds is 5. The van der Waals surface area contributed by atoms with Gasteiger partial charge in [0.2, 0.25) is 5.91 Å². The molecule has 5 atom stereocenters. The first-order valence-corrected chi connectivity index (χ1v) is 13.7. The second kappa shape index (κ2) is 10.00. The molecule has 1 aromatic carbocycles. The Morgan fingerprint density at radius 3 is 2.92 bits per heavy atom. The third-order valence-corrected chi connectivity index (χ3v) is 8.82. The van der Waals surface area contributed by atoms with Crippen LogP contribution in [0.4, 0.5) is 0 Å². The molecule has 8 nitrogen and oxygen atoms in total. The molecule has 2 saturated heterocycles. The Labute approximate surface area is 212 Å². The molecule has 1 aliphatic carbocycles. The maximum atomic E-state index is 12.7. The normalized spacial score (nSPS) is 30.3. The van der Waals surface area contributed by atoms with Gasteiger partial charge in [-0.3, -0.25) is 10.2 Å². The molecule has 6 rings (SSSR count).